The second kappa shape index (κ2) is 18.6. The lowest BCUT2D eigenvalue weighted by molar-refractivity contribution is -0.139. The van der Waals surface area contributed by atoms with Gasteiger partial charge in [0.25, 0.3) is 5.56 Å². The van der Waals surface area contributed by atoms with Crippen molar-refractivity contribution in [3.8, 4) is 5.75 Å². The van der Waals surface area contributed by atoms with Gasteiger partial charge in [0.05, 0.1) is 18.2 Å². The van der Waals surface area contributed by atoms with E-state index in [4.69, 9.17) is 10.5 Å². The van der Waals surface area contributed by atoms with Crippen molar-refractivity contribution in [2.75, 3.05) is 13.6 Å². The van der Waals surface area contributed by atoms with Gasteiger partial charge in [-0.2, -0.15) is 0 Å². The first-order valence-electron chi connectivity index (χ1n) is 18.4. The summed E-state index contributed by atoms with van der Waals surface area (Å²) in [6, 6.07) is 7.24. The van der Waals surface area contributed by atoms with Gasteiger partial charge in [0.15, 0.2) is 6.23 Å². The van der Waals surface area contributed by atoms with Gasteiger partial charge in [0.2, 0.25) is 17.7 Å². The molecule has 0 radical (unpaired) electrons. The van der Waals surface area contributed by atoms with E-state index < -0.39 is 89.6 Å². The van der Waals surface area contributed by atoms with Gasteiger partial charge in [-0.1, -0.05) is 30.3 Å². The van der Waals surface area contributed by atoms with Crippen molar-refractivity contribution in [3.63, 3.8) is 0 Å². The van der Waals surface area contributed by atoms with Crippen LogP contribution in [0.3, 0.4) is 0 Å². The van der Waals surface area contributed by atoms with Gasteiger partial charge in [-0.3, -0.25) is 28.7 Å². The highest BCUT2D eigenvalue weighted by molar-refractivity contribution is 5.93. The Kier molecular flexibility index (Phi) is 13.7. The highest BCUT2D eigenvalue weighted by atomic mass is 16.5. The fourth-order valence-corrected chi connectivity index (χ4v) is 6.59. The molecule has 8 unspecified atom stereocenters. The zero-order valence-electron chi connectivity index (χ0n) is 31.9. The van der Waals surface area contributed by atoms with Crippen LogP contribution in [0.15, 0.2) is 76.6 Å². The Hall–Kier alpha value is -6.51. The molecule has 5 amide bonds. The molecule has 1 aliphatic rings. The highest BCUT2D eigenvalue weighted by Crippen LogP contribution is 2.27. The van der Waals surface area contributed by atoms with Crippen LogP contribution in [0.5, 0.6) is 5.75 Å². The second-order valence-corrected chi connectivity index (χ2v) is 14.2. The summed E-state index contributed by atoms with van der Waals surface area (Å²) in [6.45, 7) is 2.61. The van der Waals surface area contributed by atoms with Crippen molar-refractivity contribution in [2.24, 2.45) is 5.73 Å². The summed E-state index contributed by atoms with van der Waals surface area (Å²) in [6.07, 6.45) is -0.327. The number of carboxylic acids is 1. The lowest BCUT2D eigenvalue weighted by Crippen LogP contribution is -2.62. The number of carboxylic acid groups (broad SMARTS) is 1. The number of ether oxygens (including phenoxy) is 1. The van der Waals surface area contributed by atoms with Crippen LogP contribution >= 0.6 is 0 Å². The Morgan fingerprint density at radius 1 is 0.983 bits per heavy atom. The molecule has 20 heteroatoms. The molecular weight excluding hydrogens is 758 g/mol. The standard InChI is InChI=1S/C38H47N9O11/c1-19(42-37(56)43-28(36(54)55)15-22-17-40-27-7-5-4-6-25(22)27)32(51)45-31(20(2)46(3)34(53)26(39)14-21-8-10-23(48)11-9-21)33(52)41-18-24-16-29(49)35(58-24)47-13-12-30(50)44-38(47)57/h4-13,17,19-20,24,26,28-29,31,35,40,48-49H,14-16,18,39H2,1-3H3,(H,41,52)(H,45,51)(H,54,55)(H2,42,43,56)(H,44,50,57). The molecule has 11 N–H and O–H groups in total. The number of hydrogen-bond acceptors (Lipinski definition) is 11. The van der Waals surface area contributed by atoms with E-state index in [1.54, 1.807) is 24.4 Å². The maximum Gasteiger partial charge on any atom is 0.330 e. The predicted octanol–water partition coefficient (Wildman–Crippen LogP) is -1.23. The van der Waals surface area contributed by atoms with E-state index in [9.17, 15) is 48.9 Å². The number of rotatable bonds is 16. The molecule has 58 heavy (non-hydrogen) atoms. The van der Waals surface area contributed by atoms with Gasteiger partial charge in [-0.15, -0.1) is 0 Å². The van der Waals surface area contributed by atoms with Crippen molar-refractivity contribution in [2.45, 2.75) is 81.8 Å². The Labute approximate surface area is 330 Å². The van der Waals surface area contributed by atoms with Crippen LogP contribution < -0.4 is 38.2 Å². The number of para-hydroxylation sites is 1. The summed E-state index contributed by atoms with van der Waals surface area (Å²) >= 11 is 0. The molecule has 2 aromatic heterocycles. The van der Waals surface area contributed by atoms with E-state index in [2.05, 4.69) is 31.2 Å². The monoisotopic (exact) mass is 805 g/mol. The smallest absolute Gasteiger partial charge is 0.330 e. The topological polar surface area (TPSA) is 303 Å². The molecule has 0 bridgehead atoms. The quantitative estimate of drug-likeness (QED) is 0.0637. The first-order valence-corrected chi connectivity index (χ1v) is 18.4. The van der Waals surface area contributed by atoms with Crippen molar-refractivity contribution in [1.82, 2.24) is 40.7 Å². The number of likely N-dealkylation sites (N-methyl/N-ethyl adjacent to an activating group) is 1. The number of benzene rings is 2. The molecule has 8 atom stereocenters. The van der Waals surface area contributed by atoms with Crippen molar-refractivity contribution in [1.29, 1.82) is 0 Å². The molecule has 1 saturated heterocycles. The summed E-state index contributed by atoms with van der Waals surface area (Å²) in [7, 11) is 1.40. The number of H-pyrrole nitrogens is 2. The zero-order chi connectivity index (χ0) is 42.3. The van der Waals surface area contributed by atoms with Gasteiger partial charge in [0, 0.05) is 55.8 Å². The molecule has 1 aliphatic heterocycles. The first-order chi connectivity index (χ1) is 27.5. The number of aliphatic hydroxyl groups is 1. The van der Waals surface area contributed by atoms with Crippen LogP contribution in [0, 0.1) is 0 Å². The number of nitrogens with two attached hydrogens (primary N) is 1. The van der Waals surface area contributed by atoms with Crippen molar-refractivity contribution >= 4 is 40.6 Å². The number of phenolic OH excluding ortho intramolecular Hbond substituents is 1. The number of urea groups is 1. The lowest BCUT2D eigenvalue weighted by atomic mass is 10.0. The minimum atomic E-state index is -1.45. The number of aromatic amines is 2. The Balaban J connectivity index is 1.26. The summed E-state index contributed by atoms with van der Waals surface area (Å²) in [5, 5.41) is 40.9. The Bertz CT molecular complexity index is 2240. The van der Waals surface area contributed by atoms with E-state index >= 15 is 0 Å². The summed E-state index contributed by atoms with van der Waals surface area (Å²) in [5.41, 5.74) is 6.90. The number of aromatic nitrogens is 3. The lowest BCUT2D eigenvalue weighted by Gasteiger charge is -2.34. The van der Waals surface area contributed by atoms with Crippen LogP contribution in [0.25, 0.3) is 10.9 Å². The molecular formula is C38H47N9O11. The zero-order valence-corrected chi connectivity index (χ0v) is 31.9. The minimum absolute atomic E-state index is 0.0126. The van der Waals surface area contributed by atoms with E-state index in [-0.39, 0.29) is 31.6 Å². The van der Waals surface area contributed by atoms with Gasteiger partial charge < -0.3 is 56.9 Å². The number of phenols is 1. The third-order valence-electron chi connectivity index (χ3n) is 9.97. The Morgan fingerprint density at radius 2 is 1.69 bits per heavy atom. The molecule has 0 saturated carbocycles. The number of carbonyl (C=O) groups is 5. The second-order valence-electron chi connectivity index (χ2n) is 14.2. The number of nitrogens with zero attached hydrogens (tertiary/aromatic N) is 2. The summed E-state index contributed by atoms with van der Waals surface area (Å²) in [5.74, 6) is -3.49. The Morgan fingerprint density at radius 3 is 2.38 bits per heavy atom. The predicted molar refractivity (Wildman–Crippen MR) is 207 cm³/mol. The van der Waals surface area contributed by atoms with E-state index in [1.165, 1.54) is 44.1 Å². The van der Waals surface area contributed by atoms with Crippen LogP contribution in [0.1, 0.15) is 37.6 Å². The number of aliphatic hydroxyl groups excluding tert-OH is 1. The van der Waals surface area contributed by atoms with Crippen LogP contribution in [-0.2, 0) is 36.8 Å². The molecule has 3 heterocycles. The number of nitrogens with one attached hydrogen (secondary N) is 6. The third-order valence-corrected chi connectivity index (χ3v) is 9.97. The van der Waals surface area contributed by atoms with Crippen molar-refractivity contribution < 1.29 is 44.0 Å². The number of aliphatic carboxylic acids is 1. The maximum atomic E-state index is 13.8. The van der Waals surface area contributed by atoms with Gasteiger partial charge in [-0.25, -0.2) is 14.4 Å². The number of hydrogen-bond donors (Lipinski definition) is 10. The van der Waals surface area contributed by atoms with Crippen molar-refractivity contribution in [3.05, 3.63) is 99.0 Å². The number of fused-ring (bicyclic) bond motifs is 1. The number of amides is 5. The van der Waals surface area contributed by atoms with Crippen LogP contribution in [-0.4, -0.2) is 120 Å². The maximum absolute atomic E-state index is 13.8. The molecule has 20 nitrogen and oxygen atoms in total. The summed E-state index contributed by atoms with van der Waals surface area (Å²) < 4.78 is 6.82. The average Bonchev–Trinajstić information content (AvgIpc) is 3.77. The molecule has 310 valence electrons. The SMILES string of the molecule is CC(NC(=O)NC(Cc1c[nH]c2ccccc12)C(=O)O)C(=O)NC(C(=O)NCC1CC(O)C(n2ccc(=O)[nH]c2=O)O1)C(C)N(C)C(=O)C(N)Cc1ccc(O)cc1. The minimum Gasteiger partial charge on any atom is -0.508 e. The fraction of sp³-hybridized carbons (Fsp3) is 0.395. The molecule has 2 aromatic carbocycles. The number of aromatic hydroxyl groups is 1. The normalized spacial score (nSPS) is 18.9. The molecule has 1 fully saturated rings. The fourth-order valence-electron chi connectivity index (χ4n) is 6.59. The average molecular weight is 806 g/mol. The summed E-state index contributed by atoms with van der Waals surface area (Å²) in [4.78, 5) is 96.1. The number of carbonyl (C=O) groups excluding carboxylic acids is 4. The van der Waals surface area contributed by atoms with Gasteiger partial charge >= 0.3 is 17.7 Å². The molecule has 5 rings (SSSR count). The largest absolute Gasteiger partial charge is 0.508 e. The van der Waals surface area contributed by atoms with Crippen LogP contribution in [0.4, 0.5) is 4.79 Å². The van der Waals surface area contributed by atoms with E-state index in [0.717, 1.165) is 21.5 Å². The van der Waals surface area contributed by atoms with E-state index in [0.29, 0.717) is 11.1 Å². The molecule has 4 aromatic rings. The third kappa shape index (κ3) is 10.5. The first kappa shape index (κ1) is 42.6. The van der Waals surface area contributed by atoms with Gasteiger partial charge in [0.1, 0.15) is 30.0 Å². The highest BCUT2D eigenvalue weighted by Gasteiger charge is 2.38. The van der Waals surface area contributed by atoms with E-state index in [1.807, 2.05) is 18.2 Å². The van der Waals surface area contributed by atoms with Gasteiger partial charge in [-0.05, 0) is 49.6 Å². The molecule has 0 aliphatic carbocycles. The van der Waals surface area contributed by atoms with Crippen LogP contribution in [0.2, 0.25) is 0 Å². The molecule has 0 spiro atoms.